The van der Waals surface area contributed by atoms with E-state index < -0.39 is 6.03 Å². The number of fused-ring (bicyclic) bond motifs is 1. The van der Waals surface area contributed by atoms with Gasteiger partial charge in [0.2, 0.25) is 0 Å². The number of aryl methyl sites for hydroxylation is 1. The van der Waals surface area contributed by atoms with Gasteiger partial charge in [-0.05, 0) is 72.4 Å². The molecule has 3 aromatic carbocycles. The molecule has 1 aromatic heterocycles. The normalized spacial score (nSPS) is 11.5. The minimum Gasteiger partial charge on any atom is -0.504 e. The summed E-state index contributed by atoms with van der Waals surface area (Å²) in [6.45, 7) is 8.25. The topological polar surface area (TPSA) is 92.1 Å². The van der Waals surface area contributed by atoms with E-state index in [9.17, 15) is 9.90 Å². The Balaban J connectivity index is 1.75. The van der Waals surface area contributed by atoms with Crippen molar-refractivity contribution in [3.05, 3.63) is 70.7 Å². The number of carbonyl (C=O) groups excluding carboxylic acids is 1. The monoisotopic (exact) mass is 463 g/mol. The summed E-state index contributed by atoms with van der Waals surface area (Å²) in [6, 6.07) is 15.9. The highest BCUT2D eigenvalue weighted by Gasteiger charge is 2.24. The van der Waals surface area contributed by atoms with E-state index in [2.05, 4.69) is 41.6 Å². The number of nitrogens with zero attached hydrogens (tertiary/aromatic N) is 3. The fourth-order valence-corrected chi connectivity index (χ4v) is 3.63. The van der Waals surface area contributed by atoms with Gasteiger partial charge in [0.15, 0.2) is 5.75 Å². The molecule has 0 fully saturated rings. The second-order valence-electron chi connectivity index (χ2n) is 8.70. The largest absolute Gasteiger partial charge is 0.504 e. The Morgan fingerprint density at radius 3 is 2.55 bits per heavy atom. The predicted octanol–water partition coefficient (Wildman–Crippen LogP) is 6.42. The number of nitrogens with one attached hydrogen (secondary N) is 2. The summed E-state index contributed by atoms with van der Waals surface area (Å²) in [6.07, 6.45) is 0.857. The lowest BCUT2D eigenvalue weighted by Crippen LogP contribution is -2.21. The van der Waals surface area contributed by atoms with Crippen molar-refractivity contribution in [2.75, 3.05) is 10.6 Å². The Hall–Kier alpha value is -3.58. The molecule has 4 rings (SSSR count). The molecule has 8 heteroatoms. The number of phenols is 1. The van der Waals surface area contributed by atoms with Gasteiger partial charge in [-0.2, -0.15) is 0 Å². The van der Waals surface area contributed by atoms with Crippen molar-refractivity contribution in [2.24, 2.45) is 0 Å². The first-order chi connectivity index (χ1) is 15.7. The molecule has 4 aromatic rings. The second-order valence-corrected chi connectivity index (χ2v) is 9.14. The molecule has 3 N–H and O–H groups in total. The van der Waals surface area contributed by atoms with Gasteiger partial charge in [-0.3, -0.25) is 0 Å². The second kappa shape index (κ2) is 8.75. The van der Waals surface area contributed by atoms with Gasteiger partial charge in [0.05, 0.1) is 5.69 Å². The maximum Gasteiger partial charge on any atom is 0.323 e. The van der Waals surface area contributed by atoms with Crippen molar-refractivity contribution in [3.8, 4) is 11.4 Å². The first-order valence-corrected chi connectivity index (χ1v) is 11.1. The summed E-state index contributed by atoms with van der Waals surface area (Å²) in [5.41, 5.74) is 4.31. The average Bonchev–Trinajstić information content (AvgIpc) is 3.17. The maximum absolute atomic E-state index is 12.7. The van der Waals surface area contributed by atoms with Gasteiger partial charge in [0.25, 0.3) is 0 Å². The quantitative estimate of drug-likeness (QED) is 0.298. The van der Waals surface area contributed by atoms with Crippen molar-refractivity contribution in [1.29, 1.82) is 0 Å². The fraction of sp³-hybridized carbons (Fsp3) is 0.240. The summed E-state index contributed by atoms with van der Waals surface area (Å²) >= 11 is 6.09. The van der Waals surface area contributed by atoms with Crippen LogP contribution in [0.4, 0.5) is 16.2 Å². The van der Waals surface area contributed by atoms with Gasteiger partial charge in [0, 0.05) is 10.7 Å². The van der Waals surface area contributed by atoms with E-state index in [-0.39, 0.29) is 16.9 Å². The van der Waals surface area contributed by atoms with Gasteiger partial charge in [-0.1, -0.05) is 44.5 Å². The van der Waals surface area contributed by atoms with E-state index in [1.165, 1.54) is 4.80 Å². The Kier molecular flexibility index (Phi) is 5.99. The molecule has 0 unspecified atom stereocenters. The molecule has 0 saturated heterocycles. The number of aromatic nitrogens is 3. The van der Waals surface area contributed by atoms with Crippen LogP contribution in [0.1, 0.15) is 38.3 Å². The molecular weight excluding hydrogens is 438 g/mol. The number of halogens is 1. The summed E-state index contributed by atoms with van der Waals surface area (Å²) in [5, 5.41) is 26.2. The molecule has 0 aliphatic carbocycles. The highest BCUT2D eigenvalue weighted by atomic mass is 35.5. The number of urea groups is 1. The van der Waals surface area contributed by atoms with Gasteiger partial charge in [-0.15, -0.1) is 15.0 Å². The maximum atomic E-state index is 12.7. The number of rotatable bonds is 5. The lowest BCUT2D eigenvalue weighted by atomic mass is 9.81. The van der Waals surface area contributed by atoms with Gasteiger partial charge < -0.3 is 15.7 Å². The van der Waals surface area contributed by atoms with E-state index in [4.69, 9.17) is 11.6 Å². The first kappa shape index (κ1) is 22.6. The Morgan fingerprint density at radius 2 is 1.82 bits per heavy atom. The lowest BCUT2D eigenvalue weighted by molar-refractivity contribution is 0.262. The number of amides is 2. The van der Waals surface area contributed by atoms with Crippen LogP contribution in [0.15, 0.2) is 54.6 Å². The standard InChI is InChI=1S/C25H26ClN5O2/c1-5-25(3,4)16-12-21(28-24(33)27-18-8-6-7-15(2)11-18)23(32)22(13-16)31-29-19-10-9-17(26)14-20(19)30-31/h6-14,32H,5H2,1-4H3,(H2,27,28,33). The molecule has 7 nitrogen and oxygen atoms in total. The molecular formula is C25H26ClN5O2. The van der Waals surface area contributed by atoms with Crippen LogP contribution in [0.5, 0.6) is 5.75 Å². The van der Waals surface area contributed by atoms with Crippen molar-refractivity contribution >= 4 is 40.0 Å². The number of phenolic OH excluding ortho intramolecular Hbond substituents is 1. The van der Waals surface area contributed by atoms with Crippen LogP contribution in [0.25, 0.3) is 16.7 Å². The van der Waals surface area contributed by atoms with E-state index in [1.807, 2.05) is 31.2 Å². The zero-order chi connectivity index (χ0) is 23.8. The summed E-state index contributed by atoms with van der Waals surface area (Å²) in [4.78, 5) is 14.1. The van der Waals surface area contributed by atoms with E-state index in [0.29, 0.717) is 27.4 Å². The lowest BCUT2D eigenvalue weighted by Gasteiger charge is -2.25. The Morgan fingerprint density at radius 1 is 1.06 bits per heavy atom. The number of aromatic hydroxyl groups is 1. The molecule has 0 aliphatic rings. The van der Waals surface area contributed by atoms with Gasteiger partial charge >= 0.3 is 6.03 Å². The van der Waals surface area contributed by atoms with E-state index in [1.54, 1.807) is 30.3 Å². The van der Waals surface area contributed by atoms with Crippen LogP contribution in [-0.4, -0.2) is 26.1 Å². The molecule has 2 amide bonds. The third-order valence-electron chi connectivity index (χ3n) is 5.84. The molecule has 0 spiro atoms. The first-order valence-electron chi connectivity index (χ1n) is 10.7. The Labute approximate surface area is 197 Å². The van der Waals surface area contributed by atoms with Crippen LogP contribution in [0, 0.1) is 6.92 Å². The Bertz CT molecular complexity index is 1350. The number of hydrogen-bond acceptors (Lipinski definition) is 4. The molecule has 0 aliphatic heterocycles. The molecule has 33 heavy (non-hydrogen) atoms. The number of hydrogen-bond donors (Lipinski definition) is 3. The summed E-state index contributed by atoms with van der Waals surface area (Å²) in [5.74, 6) is -0.128. The minimum atomic E-state index is -0.460. The highest BCUT2D eigenvalue weighted by molar-refractivity contribution is 6.31. The number of carbonyl (C=O) groups is 1. The van der Waals surface area contributed by atoms with Gasteiger partial charge in [0.1, 0.15) is 16.7 Å². The summed E-state index contributed by atoms with van der Waals surface area (Å²) in [7, 11) is 0. The van der Waals surface area contributed by atoms with Crippen molar-refractivity contribution < 1.29 is 9.90 Å². The molecule has 0 radical (unpaired) electrons. The van der Waals surface area contributed by atoms with Gasteiger partial charge in [-0.25, -0.2) is 4.79 Å². The number of anilines is 2. The van der Waals surface area contributed by atoms with Crippen LogP contribution in [-0.2, 0) is 5.41 Å². The van der Waals surface area contributed by atoms with Crippen molar-refractivity contribution in [3.63, 3.8) is 0 Å². The highest BCUT2D eigenvalue weighted by Crippen LogP contribution is 2.38. The van der Waals surface area contributed by atoms with E-state index >= 15 is 0 Å². The van der Waals surface area contributed by atoms with Crippen LogP contribution >= 0.6 is 11.6 Å². The molecule has 0 atom stereocenters. The zero-order valence-electron chi connectivity index (χ0n) is 19.0. The van der Waals surface area contributed by atoms with Crippen LogP contribution in [0.2, 0.25) is 5.02 Å². The van der Waals surface area contributed by atoms with Crippen LogP contribution in [0.3, 0.4) is 0 Å². The SMILES string of the molecule is CCC(C)(C)c1cc(NC(=O)Nc2cccc(C)c2)c(O)c(-n2nc3ccc(Cl)cc3n2)c1. The third-order valence-corrected chi connectivity index (χ3v) is 6.07. The molecule has 0 saturated carbocycles. The van der Waals surface area contributed by atoms with Crippen molar-refractivity contribution in [2.45, 2.75) is 39.5 Å². The molecule has 0 bridgehead atoms. The van der Waals surface area contributed by atoms with E-state index in [0.717, 1.165) is 17.5 Å². The smallest absolute Gasteiger partial charge is 0.323 e. The number of benzene rings is 3. The van der Waals surface area contributed by atoms with Crippen molar-refractivity contribution in [1.82, 2.24) is 15.0 Å². The molecule has 170 valence electrons. The third kappa shape index (κ3) is 4.78. The zero-order valence-corrected chi connectivity index (χ0v) is 19.7. The summed E-state index contributed by atoms with van der Waals surface area (Å²) < 4.78 is 0. The van der Waals surface area contributed by atoms with Crippen LogP contribution < -0.4 is 10.6 Å². The predicted molar refractivity (Wildman–Crippen MR) is 133 cm³/mol. The molecule has 1 heterocycles. The average molecular weight is 464 g/mol. The fourth-order valence-electron chi connectivity index (χ4n) is 3.46. The minimum absolute atomic E-state index is 0.128.